The smallest absolute Gasteiger partial charge is 0.257 e. The molecule has 101 heavy (non-hydrogen) atoms. The molecule has 552 valence electrons. The molecule has 0 spiro atoms. The summed E-state index contributed by atoms with van der Waals surface area (Å²) in [5.41, 5.74) is -1.52. The maximum atomic E-state index is 15.1. The van der Waals surface area contributed by atoms with Crippen LogP contribution in [0, 0.1) is 0 Å². The number of rotatable bonds is 18. The van der Waals surface area contributed by atoms with Crippen LogP contribution < -0.4 is 42.5 Å². The number of hydrogen-bond acceptors (Lipinski definition) is 19. The SMILES string of the molecule is O=C(CCCCCN1CCN2CCNC(=O)c3cc(Br)cc(c3O)C(=O)NCCN(CCNC(=O)c3cc(Br)cc(c3O)C1=O)CCN1CCNC(=O)c3cc(Br)cc(c3O)C(=O)NCCN(CCNC(=O)c3cc(Br)cc(c3O)C(=O)NCC1)CC2)NCCOCCOCCCCCCCl. The van der Waals surface area contributed by atoms with Crippen molar-refractivity contribution < 1.29 is 73.1 Å². The van der Waals surface area contributed by atoms with Crippen molar-refractivity contribution in [2.75, 3.05) is 176 Å². The van der Waals surface area contributed by atoms with Crippen LogP contribution in [0.1, 0.15) is 134 Å². The normalized spacial score (nSPS) is 19.5. The van der Waals surface area contributed by atoms with E-state index >= 15 is 4.79 Å². The number of ether oxygens (including phenoxy) is 2. The van der Waals surface area contributed by atoms with Gasteiger partial charge in [0.15, 0.2) is 0 Å². The van der Waals surface area contributed by atoms with Gasteiger partial charge in [0.05, 0.1) is 64.3 Å². The molecular formula is C68H90Br4ClN13O15. The van der Waals surface area contributed by atoms with E-state index in [1.807, 2.05) is 19.6 Å². The average Bonchev–Trinajstić information content (AvgIpc) is 0.824. The minimum Gasteiger partial charge on any atom is -0.506 e. The lowest BCUT2D eigenvalue weighted by Crippen LogP contribution is -2.46. The zero-order valence-electron chi connectivity index (χ0n) is 56.3. The summed E-state index contributed by atoms with van der Waals surface area (Å²) in [5, 5.41) is 69.6. The van der Waals surface area contributed by atoms with Gasteiger partial charge in [-0.1, -0.05) is 83.0 Å². The number of aromatic hydroxyl groups is 4. The Hall–Kier alpha value is -6.72. The molecule has 0 fully saturated rings. The van der Waals surface area contributed by atoms with E-state index in [1.54, 1.807) is 4.90 Å². The molecule has 4 aliphatic rings. The van der Waals surface area contributed by atoms with E-state index in [4.69, 9.17) is 21.1 Å². The van der Waals surface area contributed by atoms with E-state index in [2.05, 4.69) is 106 Å². The number of carbonyl (C=O) groups is 9. The minimum absolute atomic E-state index is 0.0108. The Morgan fingerprint density at radius 3 is 1.01 bits per heavy atom. The number of carbonyl (C=O) groups excluding carboxylic acids is 9. The first-order valence-corrected chi connectivity index (χ1v) is 37.6. The highest BCUT2D eigenvalue weighted by Gasteiger charge is 2.29. The molecule has 2 unspecified atom stereocenters. The molecule has 9 amide bonds. The van der Waals surface area contributed by atoms with E-state index < -0.39 is 70.3 Å². The van der Waals surface area contributed by atoms with E-state index in [-0.39, 0.29) is 194 Å². The van der Waals surface area contributed by atoms with Crippen molar-refractivity contribution in [2.24, 2.45) is 0 Å². The number of nitrogens with one attached hydrogen (secondary N) is 8. The number of benzene rings is 4. The second-order valence-electron chi connectivity index (χ2n) is 24.3. The summed E-state index contributed by atoms with van der Waals surface area (Å²) in [7, 11) is 0. The average molecular weight is 1680 g/mol. The number of halogens is 5. The fourth-order valence-corrected chi connectivity index (χ4v) is 13.5. The maximum absolute atomic E-state index is 15.1. The Labute approximate surface area is 625 Å². The molecule has 2 atom stereocenters. The van der Waals surface area contributed by atoms with Crippen LogP contribution in [-0.4, -0.2) is 274 Å². The van der Waals surface area contributed by atoms with Gasteiger partial charge in [-0.25, -0.2) is 0 Å². The first-order chi connectivity index (χ1) is 48.6. The van der Waals surface area contributed by atoms with Crippen LogP contribution in [0.15, 0.2) is 66.4 Å². The van der Waals surface area contributed by atoms with Gasteiger partial charge >= 0.3 is 0 Å². The number of hydrogen-bond donors (Lipinski definition) is 12. The van der Waals surface area contributed by atoms with Crippen molar-refractivity contribution in [3.63, 3.8) is 0 Å². The quantitative estimate of drug-likeness (QED) is 0.0462. The largest absolute Gasteiger partial charge is 0.506 e. The third kappa shape index (κ3) is 26.2. The Morgan fingerprint density at radius 1 is 0.376 bits per heavy atom. The highest BCUT2D eigenvalue weighted by molar-refractivity contribution is 9.11. The van der Waals surface area contributed by atoms with Crippen LogP contribution >= 0.6 is 75.3 Å². The third-order valence-corrected chi connectivity index (χ3v) is 19.2. The number of fused-ring (bicyclic) bond motifs is 16. The number of phenolic OH excluding ortho intramolecular Hbond substituents is 4. The van der Waals surface area contributed by atoms with Crippen LogP contribution in [-0.2, 0) is 14.3 Å². The van der Waals surface area contributed by atoms with E-state index in [0.29, 0.717) is 76.0 Å². The van der Waals surface area contributed by atoms with E-state index in [9.17, 15) is 58.8 Å². The molecule has 0 saturated heterocycles. The molecule has 28 nitrogen and oxygen atoms in total. The Balaban J connectivity index is 1.24. The topological polar surface area (TPSA) is 365 Å². The van der Waals surface area contributed by atoms with Gasteiger partial charge in [0.2, 0.25) is 5.91 Å². The van der Waals surface area contributed by atoms with Gasteiger partial charge in [-0.15, -0.1) is 11.6 Å². The van der Waals surface area contributed by atoms with Crippen LogP contribution in [0.5, 0.6) is 23.0 Å². The zero-order chi connectivity index (χ0) is 72.8. The lowest BCUT2D eigenvalue weighted by Gasteiger charge is -2.31. The highest BCUT2D eigenvalue weighted by Crippen LogP contribution is 2.32. The Kier molecular flexibility index (Phi) is 34.5. The number of unbranched alkanes of at least 4 members (excludes halogenated alkanes) is 5. The molecule has 4 heterocycles. The lowest BCUT2D eigenvalue weighted by molar-refractivity contribution is -0.121. The lowest BCUT2D eigenvalue weighted by atomic mass is 10.1. The maximum Gasteiger partial charge on any atom is 0.257 e. The summed E-state index contributed by atoms with van der Waals surface area (Å²) in [6, 6.07) is 11.1. The first-order valence-electron chi connectivity index (χ1n) is 33.9. The third-order valence-electron chi connectivity index (χ3n) is 17.1. The molecule has 0 aliphatic carbocycles. The van der Waals surface area contributed by atoms with Gasteiger partial charge in [-0.05, 0) is 74.2 Å². The summed E-state index contributed by atoms with van der Waals surface area (Å²) >= 11 is 19.5. The van der Waals surface area contributed by atoms with Crippen molar-refractivity contribution in [2.45, 2.75) is 51.4 Å². The molecule has 12 N–H and O–H groups in total. The molecule has 12 bridgehead atoms. The van der Waals surface area contributed by atoms with Crippen molar-refractivity contribution in [3.05, 3.63) is 111 Å². The standard InChI is InChI=1S/C68H90Br4ClN13O15/c69-44-36-48-57(88)50(38-44)64(95)78-13-23-84-24-14-79-65(96)51-39-45(70)37-49(58(51)89)62(93)76-11-20-82(19-10-75-61(48)92)26-27-83-21-12-77-63(94)52-40-46(71)41-53(59(52)90)66(97)81-16-25-85(29-28-84)30-31-86(68(99)55-43-47(72)42-54(60(55)91)67(98)80-15-22-83)18-6-3-4-8-56(87)74-17-33-101-35-34-100-32-7-2-1-5-9-73/h36-43,88-91H,1-35H2,(H,74,87)(H,75,92)(H,76,93)(H,77,94)(H,78,95)(H,79,96)(H,80,98)(H,81,97). The Bertz CT molecular complexity index is 3450. The van der Waals surface area contributed by atoms with Gasteiger partial charge in [-0.2, -0.15) is 0 Å². The van der Waals surface area contributed by atoms with E-state index in [0.717, 1.165) is 25.7 Å². The zero-order valence-corrected chi connectivity index (χ0v) is 63.4. The van der Waals surface area contributed by atoms with Crippen molar-refractivity contribution in [3.8, 4) is 23.0 Å². The van der Waals surface area contributed by atoms with Crippen LogP contribution in [0.2, 0.25) is 0 Å². The fraction of sp³-hybridized carbons (Fsp3) is 0.515. The van der Waals surface area contributed by atoms with E-state index in [1.165, 1.54) is 48.5 Å². The summed E-state index contributed by atoms with van der Waals surface area (Å²) < 4.78 is 12.6. The van der Waals surface area contributed by atoms with Crippen molar-refractivity contribution in [1.29, 1.82) is 0 Å². The molecular weight excluding hydrogens is 1590 g/mol. The molecule has 8 rings (SSSR count). The van der Waals surface area contributed by atoms with Gasteiger partial charge in [0.1, 0.15) is 23.0 Å². The van der Waals surface area contributed by atoms with Gasteiger partial charge in [0, 0.05) is 181 Å². The summed E-state index contributed by atoms with van der Waals surface area (Å²) in [4.78, 5) is 136. The van der Waals surface area contributed by atoms with Crippen LogP contribution in [0.3, 0.4) is 0 Å². The minimum atomic E-state index is -0.705. The van der Waals surface area contributed by atoms with Gasteiger partial charge < -0.3 is 77.3 Å². The molecule has 0 radical (unpaired) electrons. The summed E-state index contributed by atoms with van der Waals surface area (Å²) in [6.45, 7) is 3.80. The first kappa shape index (κ1) is 81.6. The number of amides is 9. The van der Waals surface area contributed by atoms with Gasteiger partial charge in [0.25, 0.3) is 47.3 Å². The summed E-state index contributed by atoms with van der Waals surface area (Å²) in [6.07, 6.45) is 5.67. The molecule has 0 aromatic heterocycles. The summed E-state index contributed by atoms with van der Waals surface area (Å²) in [5.74, 6) is -7.29. The van der Waals surface area contributed by atoms with Crippen molar-refractivity contribution >= 4 is 128 Å². The van der Waals surface area contributed by atoms with Crippen LogP contribution in [0.25, 0.3) is 0 Å². The van der Waals surface area contributed by atoms with Gasteiger partial charge in [-0.3, -0.25) is 62.8 Å². The predicted molar refractivity (Wildman–Crippen MR) is 394 cm³/mol. The monoisotopic (exact) mass is 1680 g/mol. The molecule has 33 heteroatoms. The molecule has 0 saturated carbocycles. The second-order valence-corrected chi connectivity index (χ2v) is 28.4. The molecule has 4 aromatic rings. The molecule has 4 aromatic carbocycles. The Morgan fingerprint density at radius 2 is 0.663 bits per heavy atom. The number of nitrogens with zero attached hydrogens (tertiary/aromatic N) is 5. The van der Waals surface area contributed by atoms with Crippen molar-refractivity contribution in [1.82, 2.24) is 67.0 Å². The molecule has 4 aliphatic heterocycles. The van der Waals surface area contributed by atoms with Crippen LogP contribution in [0.4, 0.5) is 0 Å². The fourth-order valence-electron chi connectivity index (χ4n) is 11.5. The number of alkyl halides is 1. The second kappa shape index (κ2) is 42.8. The highest BCUT2D eigenvalue weighted by atomic mass is 79.9. The predicted octanol–water partition coefficient (Wildman–Crippen LogP) is 4.97. The number of phenols is 4.